The molecule has 0 aliphatic carbocycles. The van der Waals surface area contributed by atoms with E-state index in [1.165, 1.54) is 6.08 Å². The predicted molar refractivity (Wildman–Crippen MR) is 153 cm³/mol. The number of fused-ring (bicyclic) bond motifs is 1. The third-order valence-corrected chi connectivity index (χ3v) is 7.95. The van der Waals surface area contributed by atoms with Gasteiger partial charge in [-0.25, -0.2) is 9.97 Å². The van der Waals surface area contributed by atoms with Crippen molar-refractivity contribution in [3.63, 3.8) is 0 Å². The second-order valence-corrected chi connectivity index (χ2v) is 10.5. The summed E-state index contributed by atoms with van der Waals surface area (Å²) in [6, 6.07) is 8.80. The van der Waals surface area contributed by atoms with E-state index < -0.39 is 12.5 Å². The molecule has 4 aromatic rings. The maximum atomic E-state index is 13.6. The first kappa shape index (κ1) is 26.6. The molecule has 2 fully saturated rings. The number of hydrogen-bond acceptors (Lipinski definition) is 8. The molecule has 0 bridgehead atoms. The van der Waals surface area contributed by atoms with E-state index in [1.54, 1.807) is 36.7 Å². The van der Waals surface area contributed by atoms with E-state index in [0.29, 0.717) is 16.9 Å². The molecule has 0 radical (unpaired) electrons. The first-order valence-electron chi connectivity index (χ1n) is 13.3. The minimum atomic E-state index is -3.05. The molecule has 3 N–H and O–H groups in total. The average Bonchev–Trinajstić information content (AvgIpc) is 3.47. The molecular weight excluding hydrogens is 530 g/mol. The van der Waals surface area contributed by atoms with E-state index in [0.717, 1.165) is 49.1 Å². The van der Waals surface area contributed by atoms with Crippen molar-refractivity contribution in [2.24, 2.45) is 12.8 Å². The number of likely N-dealkylation sites (tertiary alicyclic amines) is 1. The topological polar surface area (TPSA) is 114 Å². The number of alkyl halides is 2. The van der Waals surface area contributed by atoms with Gasteiger partial charge >= 0.3 is 6.61 Å². The van der Waals surface area contributed by atoms with E-state index in [1.807, 2.05) is 29.9 Å². The summed E-state index contributed by atoms with van der Waals surface area (Å²) in [6.45, 7) is -0.537. The summed E-state index contributed by atoms with van der Waals surface area (Å²) in [6.07, 6.45) is 10.3. The number of rotatable bonds is 8. The van der Waals surface area contributed by atoms with Gasteiger partial charge < -0.3 is 25.3 Å². The third-order valence-electron chi connectivity index (χ3n) is 7.95. The molecule has 41 heavy (non-hydrogen) atoms. The summed E-state index contributed by atoms with van der Waals surface area (Å²) >= 11 is 0. The Balaban J connectivity index is 1.37. The zero-order valence-electron chi connectivity index (χ0n) is 22.7. The summed E-state index contributed by atoms with van der Waals surface area (Å²) < 4.78 is 34.0. The first-order chi connectivity index (χ1) is 19.7. The summed E-state index contributed by atoms with van der Waals surface area (Å²) in [5.41, 5.74) is 10.1. The first-order valence-corrected chi connectivity index (χ1v) is 13.3. The Bertz CT molecular complexity index is 1650. The van der Waals surface area contributed by atoms with Crippen LogP contribution in [0.1, 0.15) is 18.4 Å². The molecule has 2 saturated heterocycles. The normalized spacial score (nSPS) is 16.7. The van der Waals surface area contributed by atoms with Gasteiger partial charge in [0, 0.05) is 67.7 Å². The highest BCUT2D eigenvalue weighted by Crippen LogP contribution is 2.44. The maximum absolute atomic E-state index is 13.6. The number of nitrogens with zero attached hydrogens (tertiary/aromatic N) is 6. The average molecular weight is 561 g/mol. The predicted octanol–water partition coefficient (Wildman–Crippen LogP) is 4.16. The Kier molecular flexibility index (Phi) is 6.78. The molecule has 3 aromatic heterocycles. The zero-order chi connectivity index (χ0) is 28.7. The molecule has 1 spiro atoms. The van der Waals surface area contributed by atoms with Crippen molar-refractivity contribution >= 4 is 40.3 Å². The lowest BCUT2D eigenvalue weighted by molar-refractivity contribution is -0.113. The number of nitrogens with two attached hydrogens (primary N) is 1. The van der Waals surface area contributed by atoms with E-state index in [4.69, 9.17) is 10.5 Å². The number of aryl methyl sites for hydroxylation is 1. The molecule has 6 rings (SSSR count). The van der Waals surface area contributed by atoms with Gasteiger partial charge in [0.1, 0.15) is 0 Å². The Labute approximate surface area is 235 Å². The zero-order valence-corrected chi connectivity index (χ0v) is 22.7. The van der Waals surface area contributed by atoms with Crippen LogP contribution in [0, 0.1) is 0 Å². The molecule has 10 nitrogen and oxygen atoms in total. The van der Waals surface area contributed by atoms with Crippen LogP contribution in [0.4, 0.5) is 26.1 Å². The molecule has 0 saturated carbocycles. The van der Waals surface area contributed by atoms with Crippen LogP contribution in [0.3, 0.4) is 0 Å². The quantitative estimate of drug-likeness (QED) is 0.309. The number of carbonyl (C=O) groups excluding carboxylic acids is 1. The molecule has 2 aliphatic heterocycles. The van der Waals surface area contributed by atoms with E-state index in [-0.39, 0.29) is 22.9 Å². The van der Waals surface area contributed by atoms with Gasteiger partial charge in [0.25, 0.3) is 0 Å². The summed E-state index contributed by atoms with van der Waals surface area (Å²) in [4.78, 5) is 29.5. The molecule has 1 aromatic carbocycles. The Morgan fingerprint density at radius 2 is 2.02 bits per heavy atom. The van der Waals surface area contributed by atoms with Crippen LogP contribution in [0.5, 0.6) is 5.75 Å². The lowest BCUT2D eigenvalue weighted by Gasteiger charge is -2.53. The summed E-state index contributed by atoms with van der Waals surface area (Å²) in [5.74, 6) is -0.496. The monoisotopic (exact) mass is 560 g/mol. The number of ether oxygens (including phenoxy) is 1. The molecule has 1 amide bonds. The van der Waals surface area contributed by atoms with Crippen LogP contribution >= 0.6 is 0 Å². The van der Waals surface area contributed by atoms with Gasteiger partial charge in [-0.3, -0.25) is 14.7 Å². The number of carbonyl (C=O) groups is 1. The lowest BCUT2D eigenvalue weighted by atomic mass is 9.86. The third kappa shape index (κ3) is 5.06. The van der Waals surface area contributed by atoms with Crippen molar-refractivity contribution in [2.45, 2.75) is 25.0 Å². The molecule has 5 heterocycles. The lowest BCUT2D eigenvalue weighted by Crippen LogP contribution is -2.67. The number of benzene rings is 1. The van der Waals surface area contributed by atoms with E-state index in [2.05, 4.69) is 37.1 Å². The number of hydrogen-bond donors (Lipinski definition) is 2. The van der Waals surface area contributed by atoms with Gasteiger partial charge in [-0.1, -0.05) is 0 Å². The summed E-state index contributed by atoms with van der Waals surface area (Å²) in [7, 11) is 4.04. The summed E-state index contributed by atoms with van der Waals surface area (Å²) in [5, 5.41) is 3.04. The number of pyridine rings is 1. The van der Waals surface area contributed by atoms with Crippen LogP contribution in [0.25, 0.3) is 28.4 Å². The number of primary amides is 1. The highest BCUT2D eigenvalue weighted by molar-refractivity contribution is 5.93. The fourth-order valence-corrected chi connectivity index (χ4v) is 5.85. The minimum Gasteiger partial charge on any atom is -0.433 e. The van der Waals surface area contributed by atoms with Gasteiger partial charge in [-0.15, -0.1) is 0 Å². The number of halogens is 2. The molecule has 0 atom stereocenters. The molecule has 2 aliphatic rings. The number of aromatic nitrogens is 4. The number of likely N-dealkylation sites (N-methyl/N-ethyl adjacent to an activating group) is 1. The number of anilines is 3. The van der Waals surface area contributed by atoms with Crippen molar-refractivity contribution in [3.05, 3.63) is 60.6 Å². The smallest absolute Gasteiger partial charge is 0.387 e. The minimum absolute atomic E-state index is 0.0622. The van der Waals surface area contributed by atoms with Crippen molar-refractivity contribution in [2.75, 3.05) is 36.9 Å². The molecule has 12 heteroatoms. The van der Waals surface area contributed by atoms with Gasteiger partial charge in [0.15, 0.2) is 5.75 Å². The van der Waals surface area contributed by atoms with Crippen molar-refractivity contribution in [1.29, 1.82) is 0 Å². The fourth-order valence-electron chi connectivity index (χ4n) is 5.85. The van der Waals surface area contributed by atoms with Crippen LogP contribution in [0.2, 0.25) is 0 Å². The Morgan fingerprint density at radius 3 is 2.76 bits per heavy atom. The van der Waals surface area contributed by atoms with Crippen molar-refractivity contribution in [3.8, 4) is 17.0 Å². The second kappa shape index (κ2) is 10.4. The van der Waals surface area contributed by atoms with Crippen molar-refractivity contribution in [1.82, 2.24) is 24.4 Å². The number of nitrogens with one attached hydrogen (secondary N) is 1. The standard InChI is InChI=1S/C29H30F2N8O2/c1-37-15-19(26-22(37)5-3-10-33-26)20-8-11-34-28(35-20)36-21-13-18(6-7-25(32)40)23(14-24(21)41-27(30)31)39-16-29(17-39)9-4-12-38(29)2/h3,5-8,10-11,13-15,27H,4,9,12,16-17H2,1-2H3,(H2,32,40)(H,34,35,36). The van der Waals surface area contributed by atoms with Crippen LogP contribution < -0.4 is 20.7 Å². The fraction of sp³-hybridized carbons (Fsp3) is 0.310. The Hall–Kier alpha value is -4.58. The number of amides is 1. The molecular formula is C29H30F2N8O2. The molecule has 212 valence electrons. The van der Waals surface area contributed by atoms with Gasteiger partial charge in [-0.2, -0.15) is 8.78 Å². The highest BCUT2D eigenvalue weighted by Gasteiger charge is 2.49. The van der Waals surface area contributed by atoms with E-state index >= 15 is 0 Å². The van der Waals surface area contributed by atoms with Crippen LogP contribution in [0.15, 0.2) is 55.0 Å². The van der Waals surface area contributed by atoms with Gasteiger partial charge in [0.2, 0.25) is 11.9 Å². The van der Waals surface area contributed by atoms with Gasteiger partial charge in [0.05, 0.1) is 28.0 Å². The van der Waals surface area contributed by atoms with Crippen molar-refractivity contribution < 1.29 is 18.3 Å². The Morgan fingerprint density at radius 1 is 1.20 bits per heavy atom. The largest absolute Gasteiger partial charge is 0.433 e. The second-order valence-electron chi connectivity index (χ2n) is 10.5. The molecule has 0 unspecified atom stereocenters. The maximum Gasteiger partial charge on any atom is 0.387 e. The van der Waals surface area contributed by atoms with Crippen LogP contribution in [-0.4, -0.2) is 69.2 Å². The highest BCUT2D eigenvalue weighted by atomic mass is 19.3. The SMILES string of the molecule is CN1CCCC12CN(c1cc(OC(F)F)c(Nc3nccc(-c4cn(C)c5cccnc45)n3)cc1C=CC(N)=O)C2. The van der Waals surface area contributed by atoms with Crippen LogP contribution in [-0.2, 0) is 11.8 Å². The van der Waals surface area contributed by atoms with Gasteiger partial charge in [-0.05, 0) is 56.8 Å². The van der Waals surface area contributed by atoms with E-state index in [9.17, 15) is 13.6 Å².